The maximum absolute atomic E-state index is 13.5. The van der Waals surface area contributed by atoms with Gasteiger partial charge in [-0.05, 0) is 24.6 Å². The molecule has 2 aromatic rings. The van der Waals surface area contributed by atoms with E-state index < -0.39 is 41.2 Å². The van der Waals surface area contributed by atoms with Crippen molar-refractivity contribution in [2.75, 3.05) is 12.0 Å². The van der Waals surface area contributed by atoms with E-state index >= 15 is 0 Å². The Morgan fingerprint density at radius 1 is 1.13 bits per heavy atom. The van der Waals surface area contributed by atoms with Crippen LogP contribution in [0.15, 0.2) is 48.5 Å². The number of carbonyl (C=O) groups is 3. The number of imide groups is 1. The molecule has 0 spiro atoms. The summed E-state index contributed by atoms with van der Waals surface area (Å²) in [5.74, 6) is -4.28. The molecule has 0 aliphatic carbocycles. The molecule has 31 heavy (non-hydrogen) atoms. The molecule has 2 amide bonds. The predicted molar refractivity (Wildman–Crippen MR) is 112 cm³/mol. The smallest absolute Gasteiger partial charge is 0.324 e. The number of carboxylic acids is 1. The molecule has 2 heterocycles. The molecule has 8 nitrogen and oxygen atoms in total. The molecule has 0 saturated carbocycles. The third kappa shape index (κ3) is 2.97. The lowest BCUT2D eigenvalue weighted by Gasteiger charge is -2.31. The minimum Gasteiger partial charge on any atom is -0.504 e. The molecule has 2 aliphatic rings. The highest BCUT2D eigenvalue weighted by molar-refractivity contribution is 6.24. The summed E-state index contributed by atoms with van der Waals surface area (Å²) in [6.07, 6.45) is 0.651. The number of nitrogens with zero attached hydrogens (tertiary/aromatic N) is 1. The summed E-state index contributed by atoms with van der Waals surface area (Å²) in [6, 6.07) is 12.4. The Hall–Kier alpha value is -3.39. The van der Waals surface area contributed by atoms with E-state index in [2.05, 4.69) is 5.32 Å². The largest absolute Gasteiger partial charge is 0.504 e. The lowest BCUT2D eigenvalue weighted by Crippen LogP contribution is -2.55. The fraction of sp³-hybridized carbons (Fsp3) is 0.348. The van der Waals surface area contributed by atoms with Crippen LogP contribution in [0, 0.1) is 11.8 Å². The second-order valence-corrected chi connectivity index (χ2v) is 7.90. The van der Waals surface area contributed by atoms with Gasteiger partial charge < -0.3 is 14.9 Å². The van der Waals surface area contributed by atoms with E-state index in [0.717, 1.165) is 4.90 Å². The predicted octanol–water partition coefficient (Wildman–Crippen LogP) is 2.47. The number of aliphatic carboxylic acids is 1. The van der Waals surface area contributed by atoms with Gasteiger partial charge in [0.2, 0.25) is 11.8 Å². The number of anilines is 1. The highest BCUT2D eigenvalue weighted by Crippen LogP contribution is 2.53. The Bertz CT molecular complexity index is 1040. The van der Waals surface area contributed by atoms with Gasteiger partial charge in [-0.3, -0.25) is 19.7 Å². The molecule has 2 aromatic carbocycles. The lowest BCUT2D eigenvalue weighted by atomic mass is 9.77. The number of amides is 2. The van der Waals surface area contributed by atoms with E-state index in [-0.39, 0.29) is 17.9 Å². The number of phenols is 1. The van der Waals surface area contributed by atoms with Crippen molar-refractivity contribution in [3.63, 3.8) is 0 Å². The summed E-state index contributed by atoms with van der Waals surface area (Å²) in [5, 5.41) is 24.0. The van der Waals surface area contributed by atoms with Crippen molar-refractivity contribution >= 4 is 23.5 Å². The van der Waals surface area contributed by atoms with Gasteiger partial charge in [0, 0.05) is 11.6 Å². The maximum atomic E-state index is 13.5. The van der Waals surface area contributed by atoms with Crippen LogP contribution < -0.4 is 15.0 Å². The van der Waals surface area contributed by atoms with Crippen molar-refractivity contribution in [3.8, 4) is 11.5 Å². The Labute approximate surface area is 179 Å². The number of hydrogen-bond acceptors (Lipinski definition) is 6. The van der Waals surface area contributed by atoms with Gasteiger partial charge in [-0.25, -0.2) is 4.90 Å². The number of para-hydroxylation sites is 2. The van der Waals surface area contributed by atoms with Gasteiger partial charge in [-0.2, -0.15) is 0 Å². The number of nitrogens with one attached hydrogen (secondary N) is 1. The minimum absolute atomic E-state index is 0.159. The Balaban J connectivity index is 1.89. The van der Waals surface area contributed by atoms with Crippen molar-refractivity contribution in [1.29, 1.82) is 0 Å². The number of rotatable bonds is 6. The van der Waals surface area contributed by atoms with Crippen molar-refractivity contribution in [2.24, 2.45) is 11.8 Å². The number of phenolic OH excluding ortho intramolecular Hbond substituents is 1. The number of benzene rings is 2. The number of carbonyl (C=O) groups excluding carboxylic acids is 2. The molecule has 2 aliphatic heterocycles. The van der Waals surface area contributed by atoms with E-state index in [4.69, 9.17) is 4.74 Å². The van der Waals surface area contributed by atoms with E-state index in [0.29, 0.717) is 17.7 Å². The summed E-state index contributed by atoms with van der Waals surface area (Å²) in [7, 11) is 1.41. The van der Waals surface area contributed by atoms with Crippen molar-refractivity contribution in [2.45, 2.75) is 31.3 Å². The second-order valence-electron chi connectivity index (χ2n) is 7.90. The Morgan fingerprint density at radius 2 is 1.84 bits per heavy atom. The van der Waals surface area contributed by atoms with Crippen LogP contribution in [-0.4, -0.2) is 40.6 Å². The summed E-state index contributed by atoms with van der Waals surface area (Å²) in [4.78, 5) is 40.6. The molecule has 0 bridgehead atoms. The molecule has 4 atom stereocenters. The molecule has 0 unspecified atom stereocenters. The molecule has 4 rings (SSSR count). The monoisotopic (exact) mass is 424 g/mol. The van der Waals surface area contributed by atoms with E-state index in [1.807, 2.05) is 6.92 Å². The number of fused-ring (bicyclic) bond motifs is 1. The molecular formula is C23H24N2O6. The average molecular weight is 424 g/mol. The number of ether oxygens (including phenoxy) is 1. The highest BCUT2D eigenvalue weighted by Gasteiger charge is 2.68. The average Bonchev–Trinajstić information content (AvgIpc) is 3.24. The molecule has 0 radical (unpaired) electrons. The van der Waals surface area contributed by atoms with Crippen LogP contribution in [0.2, 0.25) is 0 Å². The quantitative estimate of drug-likeness (QED) is 0.610. The first-order chi connectivity index (χ1) is 14.9. The lowest BCUT2D eigenvalue weighted by molar-refractivity contribution is -0.149. The number of methoxy groups -OCH3 is 1. The van der Waals surface area contributed by atoms with Gasteiger partial charge in [0.1, 0.15) is 5.54 Å². The molecule has 3 N–H and O–H groups in total. The fourth-order valence-electron chi connectivity index (χ4n) is 4.98. The van der Waals surface area contributed by atoms with E-state index in [1.165, 1.54) is 7.11 Å². The fourth-order valence-corrected chi connectivity index (χ4v) is 4.98. The molecule has 2 saturated heterocycles. The summed E-state index contributed by atoms with van der Waals surface area (Å²) >= 11 is 0. The summed E-state index contributed by atoms with van der Waals surface area (Å²) in [5.41, 5.74) is -0.906. The second kappa shape index (κ2) is 7.70. The normalized spacial score (nSPS) is 27.4. The zero-order valence-corrected chi connectivity index (χ0v) is 17.2. The van der Waals surface area contributed by atoms with Gasteiger partial charge in [-0.1, -0.05) is 43.7 Å². The van der Waals surface area contributed by atoms with Crippen molar-refractivity contribution in [3.05, 3.63) is 54.1 Å². The maximum Gasteiger partial charge on any atom is 0.324 e. The zero-order chi connectivity index (χ0) is 22.3. The van der Waals surface area contributed by atoms with E-state index in [9.17, 15) is 24.6 Å². The first-order valence-electron chi connectivity index (χ1n) is 10.2. The van der Waals surface area contributed by atoms with E-state index in [1.54, 1.807) is 48.5 Å². The standard InChI is InChI=1S/C23H24N2O6/c1-3-12-23(22(29)30)17-16(18(24-23)14-10-7-11-15(31-2)19(14)26)20(27)25(21(17)28)13-8-5-4-6-9-13/h4-11,16-18,24,26H,3,12H2,1-2H3,(H,29,30)/t16-,17-,18-,23+/m1/s1. The first kappa shape index (κ1) is 20.9. The van der Waals surface area contributed by atoms with Gasteiger partial charge in [0.15, 0.2) is 11.5 Å². The van der Waals surface area contributed by atoms with Crippen LogP contribution in [0.4, 0.5) is 5.69 Å². The number of carboxylic acid groups (broad SMARTS) is 1. The summed E-state index contributed by atoms with van der Waals surface area (Å²) in [6.45, 7) is 1.83. The zero-order valence-electron chi connectivity index (χ0n) is 17.2. The van der Waals surface area contributed by atoms with Crippen LogP contribution in [0.1, 0.15) is 31.4 Å². The minimum atomic E-state index is -1.63. The first-order valence-corrected chi connectivity index (χ1v) is 10.2. The molecule has 2 fully saturated rings. The van der Waals surface area contributed by atoms with Crippen molar-refractivity contribution in [1.82, 2.24) is 5.32 Å². The molecule has 162 valence electrons. The molecular weight excluding hydrogens is 400 g/mol. The molecule has 8 heteroatoms. The van der Waals surface area contributed by atoms with Crippen LogP contribution in [0.3, 0.4) is 0 Å². The highest BCUT2D eigenvalue weighted by atomic mass is 16.5. The SMILES string of the molecule is CCC[C@]1(C(=O)O)N[C@H](c2cccc(OC)c2O)[C@@H]2C(=O)N(c3ccccc3)C(=O)[C@@H]21. The van der Waals surface area contributed by atoms with Gasteiger partial charge in [0.25, 0.3) is 0 Å². The third-order valence-electron chi connectivity index (χ3n) is 6.28. The number of aromatic hydroxyl groups is 1. The topological polar surface area (TPSA) is 116 Å². The third-order valence-corrected chi connectivity index (χ3v) is 6.28. The van der Waals surface area contributed by atoms with Crippen LogP contribution in [-0.2, 0) is 14.4 Å². The Morgan fingerprint density at radius 3 is 2.45 bits per heavy atom. The Kier molecular flexibility index (Phi) is 5.18. The van der Waals surface area contributed by atoms with Crippen LogP contribution >= 0.6 is 0 Å². The molecule has 0 aromatic heterocycles. The van der Waals surface area contributed by atoms with Crippen LogP contribution in [0.25, 0.3) is 0 Å². The number of hydrogen-bond donors (Lipinski definition) is 3. The van der Waals surface area contributed by atoms with Crippen molar-refractivity contribution < 1.29 is 29.3 Å². The van der Waals surface area contributed by atoms with Gasteiger partial charge in [-0.15, -0.1) is 0 Å². The van der Waals surface area contributed by atoms with Crippen LogP contribution in [0.5, 0.6) is 11.5 Å². The van der Waals surface area contributed by atoms with Gasteiger partial charge in [0.05, 0.1) is 24.6 Å². The van der Waals surface area contributed by atoms with Gasteiger partial charge >= 0.3 is 5.97 Å². The summed E-state index contributed by atoms with van der Waals surface area (Å²) < 4.78 is 5.19.